The molecule has 0 aliphatic carbocycles. The van der Waals surface area contributed by atoms with Crippen molar-refractivity contribution in [1.82, 2.24) is 14.3 Å². The number of terminal acetylenes is 1. The molecule has 1 aromatic carbocycles. The minimum absolute atomic E-state index is 0.102. The first kappa shape index (κ1) is 19.0. The third-order valence-electron chi connectivity index (χ3n) is 5.38. The summed E-state index contributed by atoms with van der Waals surface area (Å²) in [5.74, 6) is 2.67. The van der Waals surface area contributed by atoms with Crippen LogP contribution < -0.4 is 11.3 Å². The highest BCUT2D eigenvalue weighted by molar-refractivity contribution is 6.32. The van der Waals surface area contributed by atoms with E-state index in [4.69, 9.17) is 33.6 Å². The molecular formula is C21H23ClN4O2. The Morgan fingerprint density at radius 3 is 2.93 bits per heavy atom. The van der Waals surface area contributed by atoms with Gasteiger partial charge in [0.05, 0.1) is 22.2 Å². The van der Waals surface area contributed by atoms with Crippen LogP contribution in [0.25, 0.3) is 21.8 Å². The van der Waals surface area contributed by atoms with E-state index in [9.17, 15) is 4.79 Å². The van der Waals surface area contributed by atoms with Gasteiger partial charge < -0.3 is 15.0 Å². The van der Waals surface area contributed by atoms with Gasteiger partial charge in [0.25, 0.3) is 5.56 Å². The number of aromatic nitrogens is 3. The van der Waals surface area contributed by atoms with Crippen molar-refractivity contribution >= 4 is 33.4 Å². The number of hydrogen-bond acceptors (Lipinski definition) is 4. The van der Waals surface area contributed by atoms with Crippen molar-refractivity contribution in [1.29, 1.82) is 0 Å². The predicted molar refractivity (Wildman–Crippen MR) is 112 cm³/mol. The van der Waals surface area contributed by atoms with Gasteiger partial charge in [-0.1, -0.05) is 17.5 Å². The molecule has 1 atom stereocenters. The summed E-state index contributed by atoms with van der Waals surface area (Å²) in [7, 11) is 0. The van der Waals surface area contributed by atoms with E-state index in [1.54, 1.807) is 10.6 Å². The molecule has 0 amide bonds. The summed E-state index contributed by atoms with van der Waals surface area (Å²) in [6.07, 6.45) is 9.26. The largest absolute Gasteiger partial charge is 0.357 e. The van der Waals surface area contributed by atoms with E-state index < -0.39 is 0 Å². The smallest absolute Gasteiger partial charge is 0.262 e. The summed E-state index contributed by atoms with van der Waals surface area (Å²) in [4.78, 5) is 13.4. The zero-order valence-electron chi connectivity index (χ0n) is 15.9. The normalized spacial score (nSPS) is 17.3. The lowest BCUT2D eigenvalue weighted by molar-refractivity contribution is -0.0402. The quantitative estimate of drug-likeness (QED) is 0.684. The second-order valence-corrected chi connectivity index (χ2v) is 7.60. The second-order valence-electron chi connectivity index (χ2n) is 7.17. The fraction of sp³-hybridized carbons (Fsp3) is 0.429. The molecule has 0 spiro atoms. The van der Waals surface area contributed by atoms with E-state index in [0.29, 0.717) is 53.1 Å². The molecule has 1 unspecified atom stereocenters. The van der Waals surface area contributed by atoms with Gasteiger partial charge in [0, 0.05) is 23.6 Å². The van der Waals surface area contributed by atoms with E-state index in [0.717, 1.165) is 30.3 Å². The molecule has 2 N–H and O–H groups in total. The Labute approximate surface area is 168 Å². The van der Waals surface area contributed by atoms with Gasteiger partial charge in [-0.2, -0.15) is 5.10 Å². The van der Waals surface area contributed by atoms with Gasteiger partial charge in [0.2, 0.25) is 0 Å². The molecule has 1 aliphatic heterocycles. The lowest BCUT2D eigenvalue weighted by atomic mass is 10.1. The lowest BCUT2D eigenvalue weighted by Gasteiger charge is -2.23. The standard InChI is InChI=1S/C21H23ClN4O2/c1-3-14-11-15(22)12-16-19-18(21(27)25(20(14)16)9-6-8-23)13(2)26(24-19)17-7-4-5-10-28-17/h1,11-12,17H,4-10,23H2,2H3. The number of aryl methyl sites for hydroxylation is 2. The van der Waals surface area contributed by atoms with Gasteiger partial charge in [-0.15, -0.1) is 6.42 Å². The average molecular weight is 399 g/mol. The van der Waals surface area contributed by atoms with Crippen LogP contribution >= 0.6 is 11.6 Å². The number of benzene rings is 1. The van der Waals surface area contributed by atoms with Gasteiger partial charge >= 0.3 is 0 Å². The summed E-state index contributed by atoms with van der Waals surface area (Å²) in [6.45, 7) is 3.59. The summed E-state index contributed by atoms with van der Waals surface area (Å²) in [5, 5.41) is 6.68. The SMILES string of the molecule is C#Cc1cc(Cl)cc2c3nn(C4CCCCO4)c(C)c3c(=O)n(CCCN)c12. The van der Waals surface area contributed by atoms with E-state index in [1.807, 2.05) is 17.7 Å². The zero-order valence-corrected chi connectivity index (χ0v) is 16.6. The van der Waals surface area contributed by atoms with Crippen molar-refractivity contribution in [3.8, 4) is 12.3 Å². The summed E-state index contributed by atoms with van der Waals surface area (Å²) in [6, 6.07) is 3.54. The zero-order chi connectivity index (χ0) is 19.8. The molecule has 0 saturated carbocycles. The van der Waals surface area contributed by atoms with Gasteiger partial charge in [0.1, 0.15) is 11.7 Å². The Balaban J connectivity index is 2.09. The Morgan fingerprint density at radius 1 is 1.43 bits per heavy atom. The number of pyridine rings is 1. The molecule has 146 valence electrons. The van der Waals surface area contributed by atoms with Crippen LogP contribution in [0.4, 0.5) is 0 Å². The van der Waals surface area contributed by atoms with Gasteiger partial charge in [-0.3, -0.25) is 4.79 Å². The van der Waals surface area contributed by atoms with Crippen LogP contribution in [-0.4, -0.2) is 27.5 Å². The lowest BCUT2D eigenvalue weighted by Crippen LogP contribution is -2.23. The molecule has 7 heteroatoms. The average Bonchev–Trinajstić information content (AvgIpc) is 3.06. The van der Waals surface area contributed by atoms with Crippen LogP contribution in [-0.2, 0) is 11.3 Å². The van der Waals surface area contributed by atoms with Crippen molar-refractivity contribution < 1.29 is 4.74 Å². The Bertz CT molecular complexity index is 1150. The monoisotopic (exact) mass is 398 g/mol. The minimum Gasteiger partial charge on any atom is -0.357 e. The number of nitrogens with two attached hydrogens (primary N) is 1. The fourth-order valence-electron chi connectivity index (χ4n) is 4.04. The fourth-order valence-corrected chi connectivity index (χ4v) is 4.26. The molecule has 4 rings (SSSR count). The highest BCUT2D eigenvalue weighted by Crippen LogP contribution is 2.32. The number of ether oxygens (including phenoxy) is 1. The van der Waals surface area contributed by atoms with E-state index in [-0.39, 0.29) is 11.8 Å². The number of hydrogen-bond donors (Lipinski definition) is 1. The highest BCUT2D eigenvalue weighted by atomic mass is 35.5. The molecule has 3 heterocycles. The van der Waals surface area contributed by atoms with Crippen LogP contribution in [0.1, 0.15) is 43.2 Å². The number of nitrogens with zero attached hydrogens (tertiary/aromatic N) is 3. The highest BCUT2D eigenvalue weighted by Gasteiger charge is 2.24. The molecule has 0 radical (unpaired) electrons. The van der Waals surface area contributed by atoms with Crippen LogP contribution in [0.2, 0.25) is 5.02 Å². The Kier molecular flexibility index (Phi) is 5.15. The predicted octanol–water partition coefficient (Wildman–Crippen LogP) is 3.34. The maximum atomic E-state index is 13.4. The number of fused-ring (bicyclic) bond motifs is 3. The van der Waals surface area contributed by atoms with E-state index in [2.05, 4.69) is 5.92 Å². The first-order chi connectivity index (χ1) is 13.6. The molecule has 1 fully saturated rings. The van der Waals surface area contributed by atoms with Gasteiger partial charge in [-0.05, 0) is 51.3 Å². The van der Waals surface area contributed by atoms with Crippen molar-refractivity contribution in [3.63, 3.8) is 0 Å². The Hall–Kier alpha value is -2.33. The third kappa shape index (κ3) is 3.00. The summed E-state index contributed by atoms with van der Waals surface area (Å²) >= 11 is 6.33. The topological polar surface area (TPSA) is 75.1 Å². The molecule has 1 saturated heterocycles. The first-order valence-electron chi connectivity index (χ1n) is 9.60. The number of halogens is 1. The molecular weight excluding hydrogens is 376 g/mol. The van der Waals surface area contributed by atoms with Crippen molar-refractivity contribution in [2.24, 2.45) is 5.73 Å². The van der Waals surface area contributed by atoms with Crippen LogP contribution in [0.15, 0.2) is 16.9 Å². The Morgan fingerprint density at radius 2 is 2.25 bits per heavy atom. The molecule has 2 aromatic heterocycles. The van der Waals surface area contributed by atoms with Crippen LogP contribution in [0.3, 0.4) is 0 Å². The van der Waals surface area contributed by atoms with E-state index in [1.165, 1.54) is 0 Å². The summed E-state index contributed by atoms with van der Waals surface area (Å²) in [5.41, 5.74) is 8.29. The molecule has 6 nitrogen and oxygen atoms in total. The molecule has 3 aromatic rings. The molecule has 1 aliphatic rings. The van der Waals surface area contributed by atoms with Gasteiger partial charge in [-0.25, -0.2) is 4.68 Å². The number of rotatable bonds is 4. The maximum absolute atomic E-state index is 13.4. The second kappa shape index (κ2) is 7.59. The van der Waals surface area contributed by atoms with Gasteiger partial charge in [0.15, 0.2) is 0 Å². The van der Waals surface area contributed by atoms with Crippen molar-refractivity contribution in [2.75, 3.05) is 13.2 Å². The maximum Gasteiger partial charge on any atom is 0.262 e. The van der Waals surface area contributed by atoms with Crippen molar-refractivity contribution in [2.45, 2.75) is 45.4 Å². The third-order valence-corrected chi connectivity index (χ3v) is 5.60. The summed E-state index contributed by atoms with van der Waals surface area (Å²) < 4.78 is 9.47. The van der Waals surface area contributed by atoms with E-state index >= 15 is 0 Å². The van der Waals surface area contributed by atoms with Crippen molar-refractivity contribution in [3.05, 3.63) is 38.8 Å². The first-order valence-corrected chi connectivity index (χ1v) is 9.97. The minimum atomic E-state index is -0.153. The van der Waals surface area contributed by atoms with Crippen LogP contribution in [0.5, 0.6) is 0 Å². The van der Waals surface area contributed by atoms with Crippen LogP contribution in [0, 0.1) is 19.3 Å². The molecule has 0 bridgehead atoms. The molecule has 28 heavy (non-hydrogen) atoms.